The summed E-state index contributed by atoms with van der Waals surface area (Å²) in [4.78, 5) is 12.1. The molecule has 0 heterocycles. The molecular weight excluding hydrogens is 353 g/mol. The molecule has 0 saturated heterocycles. The molecule has 98 valence electrons. The predicted octanol–water partition coefficient (Wildman–Crippen LogP) is 3.23. The number of rotatable bonds is 4. The highest BCUT2D eigenvalue weighted by Crippen LogP contribution is 2.19. The minimum absolute atomic E-state index is 0.0906. The van der Waals surface area contributed by atoms with E-state index < -0.39 is 0 Å². The minimum atomic E-state index is -0.0906. The molecule has 0 aromatic heterocycles. The summed E-state index contributed by atoms with van der Waals surface area (Å²) >= 11 is 2.15. The van der Waals surface area contributed by atoms with Gasteiger partial charge in [-0.15, -0.1) is 0 Å². The average Bonchev–Trinajstić information content (AvgIpc) is 2.46. The Morgan fingerprint density at radius 3 is 2.63 bits per heavy atom. The Bertz CT molecular complexity index is 570. The molecule has 0 fully saturated rings. The summed E-state index contributed by atoms with van der Waals surface area (Å²) in [5.41, 5.74) is 1.71. The third kappa shape index (κ3) is 3.70. The lowest BCUT2D eigenvalue weighted by Gasteiger charge is -2.08. The van der Waals surface area contributed by atoms with Crippen molar-refractivity contribution in [2.75, 3.05) is 7.11 Å². The summed E-state index contributed by atoms with van der Waals surface area (Å²) in [5, 5.41) is 2.91. The van der Waals surface area contributed by atoms with Gasteiger partial charge in [-0.25, -0.2) is 0 Å². The van der Waals surface area contributed by atoms with Crippen molar-refractivity contribution in [3.8, 4) is 5.75 Å². The molecule has 19 heavy (non-hydrogen) atoms. The molecule has 0 radical (unpaired) electrons. The SMILES string of the molecule is COc1ccc(I)c(C(=O)NCc2ccccc2)c1. The van der Waals surface area contributed by atoms with Crippen LogP contribution < -0.4 is 10.1 Å². The number of halogens is 1. The van der Waals surface area contributed by atoms with E-state index >= 15 is 0 Å². The van der Waals surface area contributed by atoms with E-state index in [4.69, 9.17) is 4.74 Å². The molecule has 2 rings (SSSR count). The smallest absolute Gasteiger partial charge is 0.252 e. The first-order valence-corrected chi connectivity index (χ1v) is 6.94. The summed E-state index contributed by atoms with van der Waals surface area (Å²) in [6.45, 7) is 0.521. The number of carbonyl (C=O) groups excluding carboxylic acids is 1. The largest absolute Gasteiger partial charge is 0.497 e. The van der Waals surface area contributed by atoms with E-state index in [9.17, 15) is 4.79 Å². The molecule has 2 aromatic carbocycles. The zero-order valence-corrected chi connectivity index (χ0v) is 12.7. The van der Waals surface area contributed by atoms with Crippen LogP contribution in [0.4, 0.5) is 0 Å². The van der Waals surface area contributed by atoms with Gasteiger partial charge in [0.1, 0.15) is 5.75 Å². The molecule has 0 aliphatic heterocycles. The number of methoxy groups -OCH3 is 1. The lowest BCUT2D eigenvalue weighted by molar-refractivity contribution is 0.0949. The topological polar surface area (TPSA) is 38.3 Å². The van der Waals surface area contributed by atoms with Crippen LogP contribution in [0.3, 0.4) is 0 Å². The minimum Gasteiger partial charge on any atom is -0.497 e. The van der Waals surface area contributed by atoms with Crippen LogP contribution in [0.2, 0.25) is 0 Å². The summed E-state index contributed by atoms with van der Waals surface area (Å²) < 4.78 is 6.05. The van der Waals surface area contributed by atoms with Gasteiger partial charge in [-0.1, -0.05) is 30.3 Å². The van der Waals surface area contributed by atoms with Crippen molar-refractivity contribution in [1.29, 1.82) is 0 Å². The highest BCUT2D eigenvalue weighted by molar-refractivity contribution is 14.1. The van der Waals surface area contributed by atoms with Crippen molar-refractivity contribution >= 4 is 28.5 Å². The Morgan fingerprint density at radius 2 is 1.95 bits per heavy atom. The highest BCUT2D eigenvalue weighted by Gasteiger charge is 2.10. The van der Waals surface area contributed by atoms with Gasteiger partial charge in [-0.05, 0) is 46.4 Å². The molecule has 0 aliphatic rings. The molecule has 4 heteroatoms. The van der Waals surface area contributed by atoms with Crippen molar-refractivity contribution < 1.29 is 9.53 Å². The molecule has 1 N–H and O–H groups in total. The average molecular weight is 367 g/mol. The standard InChI is InChI=1S/C15H14INO2/c1-19-12-7-8-14(16)13(9-12)15(18)17-10-11-5-3-2-4-6-11/h2-9H,10H2,1H3,(H,17,18). The number of amides is 1. The Kier molecular flexibility index (Phi) is 4.79. The monoisotopic (exact) mass is 367 g/mol. The Morgan fingerprint density at radius 1 is 1.21 bits per heavy atom. The molecule has 1 amide bonds. The number of hydrogen-bond donors (Lipinski definition) is 1. The van der Waals surface area contributed by atoms with Crippen LogP contribution in [-0.4, -0.2) is 13.0 Å². The van der Waals surface area contributed by atoms with Crippen molar-refractivity contribution in [3.05, 3.63) is 63.2 Å². The third-order valence-corrected chi connectivity index (χ3v) is 3.65. The van der Waals surface area contributed by atoms with E-state index in [0.29, 0.717) is 17.9 Å². The van der Waals surface area contributed by atoms with Gasteiger partial charge in [-0.2, -0.15) is 0 Å². The lowest BCUT2D eigenvalue weighted by Crippen LogP contribution is -2.23. The van der Waals surface area contributed by atoms with Crippen LogP contribution in [0.5, 0.6) is 5.75 Å². The number of benzene rings is 2. The molecule has 0 atom stereocenters. The second kappa shape index (κ2) is 6.56. The second-order valence-corrected chi connectivity index (χ2v) is 5.18. The van der Waals surface area contributed by atoms with Gasteiger partial charge in [0.15, 0.2) is 0 Å². The van der Waals surface area contributed by atoms with Crippen LogP contribution in [0.25, 0.3) is 0 Å². The van der Waals surface area contributed by atoms with Gasteiger partial charge in [0.05, 0.1) is 12.7 Å². The fraction of sp³-hybridized carbons (Fsp3) is 0.133. The zero-order valence-electron chi connectivity index (χ0n) is 10.5. The van der Waals surface area contributed by atoms with Gasteiger partial charge in [-0.3, -0.25) is 4.79 Å². The molecule has 0 saturated carbocycles. The summed E-state index contributed by atoms with van der Waals surface area (Å²) in [5.74, 6) is 0.595. The van der Waals surface area contributed by atoms with Crippen LogP contribution in [0.15, 0.2) is 48.5 Å². The number of hydrogen-bond acceptors (Lipinski definition) is 2. The molecule has 0 spiro atoms. The van der Waals surface area contributed by atoms with Crippen molar-refractivity contribution in [1.82, 2.24) is 5.32 Å². The molecule has 3 nitrogen and oxygen atoms in total. The molecule has 2 aromatic rings. The third-order valence-electron chi connectivity index (χ3n) is 2.71. The summed E-state index contributed by atoms with van der Waals surface area (Å²) in [6.07, 6.45) is 0. The predicted molar refractivity (Wildman–Crippen MR) is 83.3 cm³/mol. The first-order chi connectivity index (χ1) is 9.20. The first-order valence-electron chi connectivity index (χ1n) is 5.86. The zero-order chi connectivity index (χ0) is 13.7. The van der Waals surface area contributed by atoms with Gasteiger partial charge < -0.3 is 10.1 Å². The maximum atomic E-state index is 12.1. The van der Waals surface area contributed by atoms with E-state index in [0.717, 1.165) is 9.13 Å². The van der Waals surface area contributed by atoms with Crippen molar-refractivity contribution in [2.24, 2.45) is 0 Å². The van der Waals surface area contributed by atoms with E-state index in [1.54, 1.807) is 13.2 Å². The quantitative estimate of drug-likeness (QED) is 0.843. The van der Waals surface area contributed by atoms with E-state index in [1.807, 2.05) is 42.5 Å². The maximum absolute atomic E-state index is 12.1. The molecule has 0 unspecified atom stereocenters. The summed E-state index contributed by atoms with van der Waals surface area (Å²) in [6, 6.07) is 15.3. The normalized spacial score (nSPS) is 10.0. The number of nitrogens with one attached hydrogen (secondary N) is 1. The van der Waals surface area contributed by atoms with E-state index in [2.05, 4.69) is 27.9 Å². The second-order valence-electron chi connectivity index (χ2n) is 4.01. The van der Waals surface area contributed by atoms with Crippen molar-refractivity contribution in [3.63, 3.8) is 0 Å². The fourth-order valence-corrected chi connectivity index (χ4v) is 2.26. The van der Waals surface area contributed by atoms with Gasteiger partial charge in [0.25, 0.3) is 5.91 Å². The van der Waals surface area contributed by atoms with Crippen LogP contribution >= 0.6 is 22.6 Å². The fourth-order valence-electron chi connectivity index (χ4n) is 1.68. The van der Waals surface area contributed by atoms with Gasteiger partial charge in [0.2, 0.25) is 0 Å². The van der Waals surface area contributed by atoms with Gasteiger partial charge >= 0.3 is 0 Å². The van der Waals surface area contributed by atoms with E-state index in [-0.39, 0.29) is 5.91 Å². The first kappa shape index (κ1) is 13.9. The highest BCUT2D eigenvalue weighted by atomic mass is 127. The van der Waals surface area contributed by atoms with Crippen LogP contribution in [0, 0.1) is 3.57 Å². The Labute approximate surface area is 126 Å². The summed E-state index contributed by atoms with van der Waals surface area (Å²) in [7, 11) is 1.59. The molecule has 0 aliphatic carbocycles. The number of carbonyl (C=O) groups is 1. The van der Waals surface area contributed by atoms with E-state index in [1.165, 1.54) is 0 Å². The number of ether oxygens (including phenoxy) is 1. The maximum Gasteiger partial charge on any atom is 0.252 e. The lowest BCUT2D eigenvalue weighted by atomic mass is 10.2. The Hall–Kier alpha value is -1.56. The van der Waals surface area contributed by atoms with Crippen molar-refractivity contribution in [2.45, 2.75) is 6.54 Å². The molecule has 0 bridgehead atoms. The Balaban J connectivity index is 2.08. The van der Waals surface area contributed by atoms with Crippen LogP contribution in [-0.2, 0) is 6.54 Å². The van der Waals surface area contributed by atoms with Gasteiger partial charge in [0, 0.05) is 10.1 Å². The molecular formula is C15H14INO2. The van der Waals surface area contributed by atoms with Crippen LogP contribution in [0.1, 0.15) is 15.9 Å².